The number of hydrogen-bond acceptors (Lipinski definition) is 4. The first-order valence-electron chi connectivity index (χ1n) is 3.70. The monoisotopic (exact) mass is 219 g/mol. The number of esters is 1. The minimum Gasteiger partial charge on any atom is -0.469 e. The van der Waals surface area contributed by atoms with E-state index in [-0.39, 0.29) is 18.4 Å². The van der Waals surface area contributed by atoms with Gasteiger partial charge in [0.25, 0.3) is 0 Å². The van der Waals surface area contributed by atoms with E-state index in [0.29, 0.717) is 5.02 Å². The quantitative estimate of drug-likeness (QED) is 0.791. The van der Waals surface area contributed by atoms with Crippen LogP contribution in [0.1, 0.15) is 17.3 Å². The molecule has 0 saturated carbocycles. The molecule has 0 aliphatic heterocycles. The molecule has 72 valence electrons. The van der Waals surface area contributed by atoms with E-state index in [2.05, 4.69) is 4.74 Å². The largest absolute Gasteiger partial charge is 0.469 e. The Morgan fingerprint density at radius 3 is 3.00 bits per heavy atom. The van der Waals surface area contributed by atoms with E-state index < -0.39 is 0 Å². The number of halogens is 1. The summed E-state index contributed by atoms with van der Waals surface area (Å²) in [6.07, 6.45) is 0.188. The number of hydrogen-bond donors (Lipinski definition) is 1. The summed E-state index contributed by atoms with van der Waals surface area (Å²) in [5.74, 6) is -0.308. The Balaban J connectivity index is 2.58. The molecule has 0 amide bonds. The number of thiophene rings is 1. The highest BCUT2D eigenvalue weighted by atomic mass is 35.5. The van der Waals surface area contributed by atoms with Crippen LogP contribution in [0, 0.1) is 0 Å². The van der Waals surface area contributed by atoms with Crippen molar-refractivity contribution < 1.29 is 9.53 Å². The van der Waals surface area contributed by atoms with Crippen LogP contribution >= 0.6 is 22.9 Å². The zero-order valence-electron chi connectivity index (χ0n) is 7.12. The first-order valence-corrected chi connectivity index (χ1v) is 4.95. The van der Waals surface area contributed by atoms with Crippen LogP contribution < -0.4 is 5.73 Å². The highest BCUT2D eigenvalue weighted by molar-refractivity contribution is 7.10. The lowest BCUT2D eigenvalue weighted by atomic mass is 10.2. The van der Waals surface area contributed by atoms with Gasteiger partial charge in [0.15, 0.2) is 0 Å². The predicted molar refractivity (Wildman–Crippen MR) is 52.9 cm³/mol. The van der Waals surface area contributed by atoms with E-state index in [1.54, 1.807) is 11.4 Å². The summed E-state index contributed by atoms with van der Waals surface area (Å²) in [5.41, 5.74) is 5.74. The molecule has 0 unspecified atom stereocenters. The van der Waals surface area contributed by atoms with Gasteiger partial charge in [-0.05, 0) is 6.07 Å². The summed E-state index contributed by atoms with van der Waals surface area (Å²) < 4.78 is 4.50. The van der Waals surface area contributed by atoms with Crippen LogP contribution in [0.4, 0.5) is 0 Å². The molecule has 0 radical (unpaired) electrons. The summed E-state index contributed by atoms with van der Waals surface area (Å²) >= 11 is 7.16. The first kappa shape index (κ1) is 10.5. The molecule has 1 rings (SSSR count). The van der Waals surface area contributed by atoms with E-state index in [4.69, 9.17) is 17.3 Å². The Labute approximate surface area is 85.4 Å². The Morgan fingerprint density at radius 2 is 2.54 bits per heavy atom. The summed E-state index contributed by atoms with van der Waals surface area (Å²) in [7, 11) is 1.34. The van der Waals surface area contributed by atoms with Crippen molar-refractivity contribution in [3.8, 4) is 0 Å². The lowest BCUT2D eigenvalue weighted by Gasteiger charge is -2.06. The van der Waals surface area contributed by atoms with E-state index in [1.165, 1.54) is 18.4 Å². The summed E-state index contributed by atoms with van der Waals surface area (Å²) in [6.45, 7) is 0. The summed E-state index contributed by atoms with van der Waals surface area (Å²) in [5, 5.41) is 2.44. The second kappa shape index (κ2) is 4.60. The lowest BCUT2D eigenvalue weighted by Crippen LogP contribution is -2.15. The third-order valence-corrected chi connectivity index (χ3v) is 2.98. The van der Waals surface area contributed by atoms with Gasteiger partial charge < -0.3 is 10.5 Å². The van der Waals surface area contributed by atoms with Gasteiger partial charge in [0, 0.05) is 16.3 Å². The van der Waals surface area contributed by atoms with E-state index in [0.717, 1.165) is 4.88 Å². The Hall–Kier alpha value is -0.580. The second-order valence-electron chi connectivity index (χ2n) is 2.55. The molecule has 0 saturated heterocycles. The van der Waals surface area contributed by atoms with Gasteiger partial charge in [0.1, 0.15) is 0 Å². The minimum absolute atomic E-state index is 0.188. The molecule has 0 aliphatic rings. The second-order valence-corrected chi connectivity index (χ2v) is 3.93. The molecule has 2 N–H and O–H groups in total. The van der Waals surface area contributed by atoms with Crippen LogP contribution in [0.2, 0.25) is 5.02 Å². The normalized spacial score (nSPS) is 12.5. The lowest BCUT2D eigenvalue weighted by molar-refractivity contribution is -0.141. The van der Waals surface area contributed by atoms with Crippen molar-refractivity contribution in [2.75, 3.05) is 7.11 Å². The van der Waals surface area contributed by atoms with Crippen molar-refractivity contribution in [1.82, 2.24) is 0 Å². The fourth-order valence-electron chi connectivity index (χ4n) is 0.886. The topological polar surface area (TPSA) is 52.3 Å². The van der Waals surface area contributed by atoms with Crippen molar-refractivity contribution in [2.24, 2.45) is 5.73 Å². The molecule has 1 atom stereocenters. The Kier molecular flexibility index (Phi) is 3.71. The van der Waals surface area contributed by atoms with Crippen molar-refractivity contribution >= 4 is 28.9 Å². The molecule has 13 heavy (non-hydrogen) atoms. The zero-order chi connectivity index (χ0) is 9.84. The third-order valence-electron chi connectivity index (χ3n) is 1.57. The van der Waals surface area contributed by atoms with Crippen LogP contribution in [0.25, 0.3) is 0 Å². The van der Waals surface area contributed by atoms with Gasteiger partial charge in [-0.25, -0.2) is 0 Å². The number of methoxy groups -OCH3 is 1. The molecule has 3 nitrogen and oxygen atoms in total. The highest BCUT2D eigenvalue weighted by Crippen LogP contribution is 2.25. The van der Waals surface area contributed by atoms with Crippen LogP contribution in [0.15, 0.2) is 11.4 Å². The molecule has 0 aromatic carbocycles. The fraction of sp³-hybridized carbons (Fsp3) is 0.375. The predicted octanol–water partition coefficient (Wildman–Crippen LogP) is 1.96. The van der Waals surface area contributed by atoms with E-state index in [9.17, 15) is 4.79 Å². The molecule has 0 spiro atoms. The number of rotatable bonds is 3. The molecule has 1 aromatic rings. The van der Waals surface area contributed by atoms with Crippen LogP contribution in [0.5, 0.6) is 0 Å². The highest BCUT2D eigenvalue weighted by Gasteiger charge is 2.13. The molecule has 0 aliphatic carbocycles. The van der Waals surface area contributed by atoms with Gasteiger partial charge in [-0.15, -0.1) is 11.3 Å². The molecule has 5 heteroatoms. The van der Waals surface area contributed by atoms with Gasteiger partial charge in [0.2, 0.25) is 0 Å². The SMILES string of the molecule is COC(=O)C[C@@H](N)c1cc(Cl)cs1. The van der Waals surface area contributed by atoms with Crippen LogP contribution in [-0.2, 0) is 9.53 Å². The summed E-state index contributed by atoms with van der Waals surface area (Å²) in [4.78, 5) is 11.8. The van der Waals surface area contributed by atoms with Gasteiger partial charge in [-0.2, -0.15) is 0 Å². The molecular weight excluding hydrogens is 210 g/mol. The first-order chi connectivity index (χ1) is 6.13. The number of carbonyl (C=O) groups is 1. The van der Waals surface area contributed by atoms with Crippen molar-refractivity contribution in [2.45, 2.75) is 12.5 Å². The molecular formula is C8H10ClNO2S. The number of ether oxygens (including phenoxy) is 1. The maximum atomic E-state index is 10.9. The maximum absolute atomic E-state index is 10.9. The smallest absolute Gasteiger partial charge is 0.307 e. The number of nitrogens with two attached hydrogens (primary N) is 1. The van der Waals surface area contributed by atoms with E-state index in [1.807, 2.05) is 0 Å². The van der Waals surface area contributed by atoms with Crippen LogP contribution in [0.3, 0.4) is 0 Å². The van der Waals surface area contributed by atoms with Gasteiger partial charge >= 0.3 is 5.97 Å². The van der Waals surface area contributed by atoms with Crippen molar-refractivity contribution in [1.29, 1.82) is 0 Å². The van der Waals surface area contributed by atoms with Gasteiger partial charge in [-0.1, -0.05) is 11.6 Å². The average molecular weight is 220 g/mol. The van der Waals surface area contributed by atoms with E-state index >= 15 is 0 Å². The maximum Gasteiger partial charge on any atom is 0.307 e. The Bertz CT molecular complexity index is 300. The molecule has 0 fully saturated rings. The van der Waals surface area contributed by atoms with Crippen molar-refractivity contribution in [3.63, 3.8) is 0 Å². The average Bonchev–Trinajstić information content (AvgIpc) is 2.51. The minimum atomic E-state index is -0.315. The standard InChI is InChI=1S/C8H10ClNO2S/c1-12-8(11)3-6(10)7-2-5(9)4-13-7/h2,4,6H,3,10H2,1H3/t6-/m1/s1. The zero-order valence-corrected chi connectivity index (χ0v) is 8.69. The van der Waals surface area contributed by atoms with Crippen molar-refractivity contribution in [3.05, 3.63) is 21.3 Å². The van der Waals surface area contributed by atoms with Gasteiger partial charge in [0.05, 0.1) is 18.6 Å². The number of carbonyl (C=O) groups excluding carboxylic acids is 1. The van der Waals surface area contributed by atoms with Gasteiger partial charge in [-0.3, -0.25) is 4.79 Å². The molecule has 1 aromatic heterocycles. The molecule has 1 heterocycles. The summed E-state index contributed by atoms with van der Waals surface area (Å²) in [6, 6.07) is 1.45. The fourth-order valence-corrected chi connectivity index (χ4v) is 1.97. The van der Waals surface area contributed by atoms with Crippen LogP contribution in [-0.4, -0.2) is 13.1 Å². The Morgan fingerprint density at radius 1 is 1.85 bits per heavy atom. The molecule has 0 bridgehead atoms. The third kappa shape index (κ3) is 2.99.